The molecule has 0 spiro atoms. The van der Waals surface area contributed by atoms with Gasteiger partial charge < -0.3 is 25.2 Å². The summed E-state index contributed by atoms with van der Waals surface area (Å²) in [4.78, 5) is 28.7. The number of aliphatic hydroxyl groups is 2. The number of hydrogen-bond donors (Lipinski definition) is 4. The zero-order chi connectivity index (χ0) is 27.5. The molecule has 3 rings (SSSR count). The number of rotatable bonds is 13. The molecule has 1 aromatic carbocycles. The average molecular weight is 532 g/mol. The molecule has 0 unspecified atom stereocenters. The van der Waals surface area contributed by atoms with Gasteiger partial charge in [0.2, 0.25) is 11.8 Å². The molecule has 1 saturated heterocycles. The number of nitrogens with zero attached hydrogens (tertiary/aromatic N) is 1. The van der Waals surface area contributed by atoms with Crippen LogP contribution in [-0.4, -0.2) is 83.6 Å². The number of ether oxygens (including phenoxy) is 1. The smallest absolute Gasteiger partial charge is 0.240 e. The number of nitrogens with one attached hydrogen (secondary N) is 2. The lowest BCUT2D eigenvalue weighted by Crippen LogP contribution is -2.58. The number of benzene rings is 1. The molecule has 2 fully saturated rings. The van der Waals surface area contributed by atoms with Gasteiger partial charge in [-0.25, -0.2) is 0 Å². The molecule has 1 saturated carbocycles. The SMILES string of the molecule is CC(C)C[C@H](O)[C@H](O)[C@H](CC1CCCCC1)NC(=O)[C@@H](C)N[C@@H](Cc1ccccc1)C(=O)N1CCOCC1. The summed E-state index contributed by atoms with van der Waals surface area (Å²) < 4.78 is 5.42. The number of hydrogen-bond acceptors (Lipinski definition) is 6. The summed E-state index contributed by atoms with van der Waals surface area (Å²) in [7, 11) is 0. The Morgan fingerprint density at radius 3 is 2.32 bits per heavy atom. The van der Waals surface area contributed by atoms with E-state index in [-0.39, 0.29) is 17.7 Å². The van der Waals surface area contributed by atoms with Gasteiger partial charge in [-0.1, -0.05) is 76.3 Å². The van der Waals surface area contributed by atoms with Crippen LogP contribution in [0.25, 0.3) is 0 Å². The Hall–Kier alpha value is -2.00. The van der Waals surface area contributed by atoms with Crippen molar-refractivity contribution in [2.45, 2.75) is 102 Å². The molecule has 1 aromatic rings. The lowest BCUT2D eigenvalue weighted by molar-refractivity contribution is -0.138. The molecule has 0 bridgehead atoms. The molecular weight excluding hydrogens is 482 g/mol. The molecule has 214 valence electrons. The van der Waals surface area contributed by atoms with Crippen molar-refractivity contribution in [2.24, 2.45) is 11.8 Å². The molecule has 1 aliphatic carbocycles. The standard InChI is InChI=1S/C30H49N3O5/c1-21(2)18-27(34)28(35)25(19-23-10-6-4-7-11-23)32-29(36)22(3)31-26(20-24-12-8-5-9-13-24)30(37)33-14-16-38-17-15-33/h5,8-9,12-13,21-23,25-28,31,34-35H,4,6-7,10-11,14-20H2,1-3H3,(H,32,36)/t22-,25+,26+,27+,28-/m1/s1. The minimum absolute atomic E-state index is 0.0389. The summed E-state index contributed by atoms with van der Waals surface area (Å²) in [5.41, 5.74) is 1.02. The Kier molecular flexibility index (Phi) is 12.5. The average Bonchev–Trinajstić information content (AvgIpc) is 2.92. The monoisotopic (exact) mass is 531 g/mol. The topological polar surface area (TPSA) is 111 Å². The second-order valence-electron chi connectivity index (χ2n) is 11.6. The van der Waals surface area contributed by atoms with Crippen LogP contribution in [-0.2, 0) is 20.7 Å². The minimum atomic E-state index is -1.04. The van der Waals surface area contributed by atoms with E-state index in [9.17, 15) is 19.8 Å². The quantitative estimate of drug-likeness (QED) is 0.312. The van der Waals surface area contributed by atoms with E-state index in [1.807, 2.05) is 44.2 Å². The first-order valence-electron chi connectivity index (χ1n) is 14.6. The normalized spacial score (nSPS) is 20.9. The van der Waals surface area contributed by atoms with E-state index in [1.165, 1.54) is 19.3 Å². The van der Waals surface area contributed by atoms with Crippen LogP contribution >= 0.6 is 0 Å². The van der Waals surface area contributed by atoms with Crippen molar-refractivity contribution in [1.29, 1.82) is 0 Å². The fourth-order valence-corrected chi connectivity index (χ4v) is 5.71. The zero-order valence-electron chi connectivity index (χ0n) is 23.5. The van der Waals surface area contributed by atoms with Crippen molar-refractivity contribution in [2.75, 3.05) is 26.3 Å². The maximum absolute atomic E-state index is 13.4. The van der Waals surface area contributed by atoms with E-state index in [4.69, 9.17) is 4.74 Å². The van der Waals surface area contributed by atoms with Crippen LogP contribution in [0.1, 0.15) is 71.3 Å². The molecule has 1 heterocycles. The predicted molar refractivity (Wildman–Crippen MR) is 149 cm³/mol. The highest BCUT2D eigenvalue weighted by Crippen LogP contribution is 2.29. The largest absolute Gasteiger partial charge is 0.390 e. The Morgan fingerprint density at radius 1 is 1.03 bits per heavy atom. The minimum Gasteiger partial charge on any atom is -0.390 e. The first kappa shape index (κ1) is 30.5. The highest BCUT2D eigenvalue weighted by atomic mass is 16.5. The Balaban J connectivity index is 1.69. The van der Waals surface area contributed by atoms with Crippen molar-refractivity contribution in [1.82, 2.24) is 15.5 Å². The molecule has 0 radical (unpaired) electrons. The van der Waals surface area contributed by atoms with Gasteiger partial charge in [0, 0.05) is 13.1 Å². The maximum atomic E-state index is 13.4. The van der Waals surface area contributed by atoms with E-state index in [0.717, 1.165) is 18.4 Å². The van der Waals surface area contributed by atoms with Gasteiger partial charge in [-0.2, -0.15) is 0 Å². The van der Waals surface area contributed by atoms with Gasteiger partial charge >= 0.3 is 0 Å². The van der Waals surface area contributed by atoms with E-state index >= 15 is 0 Å². The molecule has 2 amide bonds. The van der Waals surface area contributed by atoms with Crippen LogP contribution in [0.15, 0.2) is 30.3 Å². The van der Waals surface area contributed by atoms with E-state index in [2.05, 4.69) is 10.6 Å². The van der Waals surface area contributed by atoms with Crippen molar-refractivity contribution in [3.8, 4) is 0 Å². The van der Waals surface area contributed by atoms with Crippen molar-refractivity contribution in [3.05, 3.63) is 35.9 Å². The van der Waals surface area contributed by atoms with Crippen LogP contribution in [0.4, 0.5) is 0 Å². The summed E-state index contributed by atoms with van der Waals surface area (Å²) in [5, 5.41) is 28.1. The number of amides is 2. The highest BCUT2D eigenvalue weighted by molar-refractivity contribution is 5.85. The highest BCUT2D eigenvalue weighted by Gasteiger charge is 2.33. The number of aliphatic hydroxyl groups excluding tert-OH is 2. The molecule has 1 aliphatic heterocycles. The van der Waals surface area contributed by atoms with Crippen LogP contribution in [0.5, 0.6) is 0 Å². The third-order valence-electron chi connectivity index (χ3n) is 7.91. The molecule has 8 nitrogen and oxygen atoms in total. The molecule has 5 atom stereocenters. The Labute approximate surface area is 228 Å². The molecule has 8 heteroatoms. The van der Waals surface area contributed by atoms with Gasteiger partial charge in [0.15, 0.2) is 0 Å². The van der Waals surface area contributed by atoms with Crippen molar-refractivity contribution >= 4 is 11.8 Å². The number of carbonyl (C=O) groups excluding carboxylic acids is 2. The summed E-state index contributed by atoms with van der Waals surface area (Å²) in [6.45, 7) is 7.88. The van der Waals surface area contributed by atoms with E-state index in [1.54, 1.807) is 11.8 Å². The van der Waals surface area contributed by atoms with E-state index < -0.39 is 30.3 Å². The van der Waals surface area contributed by atoms with Crippen molar-refractivity contribution < 1.29 is 24.5 Å². The van der Waals surface area contributed by atoms with Crippen LogP contribution in [0.2, 0.25) is 0 Å². The fraction of sp³-hybridized carbons (Fsp3) is 0.733. The second kappa shape index (κ2) is 15.6. The van der Waals surface area contributed by atoms with Gasteiger partial charge in [-0.15, -0.1) is 0 Å². The molecule has 4 N–H and O–H groups in total. The van der Waals surface area contributed by atoms with Gasteiger partial charge in [-0.3, -0.25) is 14.9 Å². The summed E-state index contributed by atoms with van der Waals surface area (Å²) >= 11 is 0. The maximum Gasteiger partial charge on any atom is 0.240 e. The van der Waals surface area contributed by atoms with Crippen molar-refractivity contribution in [3.63, 3.8) is 0 Å². The summed E-state index contributed by atoms with van der Waals surface area (Å²) in [6, 6.07) is 8.05. The number of carbonyl (C=O) groups is 2. The number of morpholine rings is 1. The van der Waals surface area contributed by atoms with E-state index in [0.29, 0.717) is 51.5 Å². The van der Waals surface area contributed by atoms with Gasteiger partial charge in [-0.05, 0) is 43.6 Å². The van der Waals surface area contributed by atoms with Gasteiger partial charge in [0.25, 0.3) is 0 Å². The van der Waals surface area contributed by atoms with Gasteiger partial charge in [0.05, 0.1) is 37.4 Å². The Morgan fingerprint density at radius 2 is 1.68 bits per heavy atom. The lowest BCUT2D eigenvalue weighted by Gasteiger charge is -2.34. The molecule has 0 aromatic heterocycles. The van der Waals surface area contributed by atoms with Gasteiger partial charge in [0.1, 0.15) is 6.10 Å². The zero-order valence-corrected chi connectivity index (χ0v) is 23.5. The third kappa shape index (κ3) is 9.63. The van der Waals surface area contributed by atoms with Crippen LogP contribution in [0, 0.1) is 11.8 Å². The summed E-state index contributed by atoms with van der Waals surface area (Å²) in [5.74, 6) is 0.348. The first-order chi connectivity index (χ1) is 18.2. The summed E-state index contributed by atoms with van der Waals surface area (Å²) in [6.07, 6.45) is 5.38. The van der Waals surface area contributed by atoms with Crippen LogP contribution < -0.4 is 10.6 Å². The molecule has 2 aliphatic rings. The first-order valence-corrected chi connectivity index (χ1v) is 14.6. The third-order valence-corrected chi connectivity index (χ3v) is 7.91. The fourth-order valence-electron chi connectivity index (χ4n) is 5.71. The molecular formula is C30H49N3O5. The lowest BCUT2D eigenvalue weighted by atomic mass is 9.82. The predicted octanol–water partition coefficient (Wildman–Crippen LogP) is 2.66. The second-order valence-corrected chi connectivity index (χ2v) is 11.6. The van der Waals surface area contributed by atoms with Crippen LogP contribution in [0.3, 0.4) is 0 Å². The molecule has 38 heavy (non-hydrogen) atoms. The Bertz CT molecular complexity index is 840.